The van der Waals surface area contributed by atoms with Crippen LogP contribution >= 0.6 is 0 Å². The monoisotopic (exact) mass is 404 g/mol. The van der Waals surface area contributed by atoms with Crippen LogP contribution < -0.4 is 4.90 Å². The van der Waals surface area contributed by atoms with E-state index in [-0.39, 0.29) is 5.76 Å². The van der Waals surface area contributed by atoms with Gasteiger partial charge in [0, 0.05) is 37.0 Å². The number of carboxylic acid groups (broad SMARTS) is 1. The maximum Gasteiger partial charge on any atom is 0.371 e. The lowest BCUT2D eigenvalue weighted by Gasteiger charge is -2.28. The zero-order valence-corrected chi connectivity index (χ0v) is 16.4. The summed E-state index contributed by atoms with van der Waals surface area (Å²) < 4.78 is 12.8. The Kier molecular flexibility index (Phi) is 4.48. The van der Waals surface area contributed by atoms with Crippen molar-refractivity contribution in [2.24, 2.45) is 0 Å². The van der Waals surface area contributed by atoms with Crippen LogP contribution in [-0.4, -0.2) is 52.1 Å². The van der Waals surface area contributed by atoms with Crippen molar-refractivity contribution in [3.63, 3.8) is 0 Å². The first-order chi connectivity index (χ1) is 14.6. The highest BCUT2D eigenvalue weighted by Gasteiger charge is 2.22. The Hall–Kier alpha value is -3.65. The summed E-state index contributed by atoms with van der Waals surface area (Å²) >= 11 is 0. The summed E-state index contributed by atoms with van der Waals surface area (Å²) in [5, 5.41) is 14.0. The highest BCUT2D eigenvalue weighted by molar-refractivity contribution is 5.95. The standard InChI is InChI=1S/C22H20N4O4/c1-14-3-2-4-15(11-14)16-5-6-26(24-16)20-13-18(25-7-9-29-10-8-25)21-17(23-20)12-19(30-21)22(27)28/h2-6,11-13H,7-10H2,1H3,(H,27,28). The predicted octanol–water partition coefficient (Wildman–Crippen LogP) is 3.52. The van der Waals surface area contributed by atoms with E-state index in [9.17, 15) is 9.90 Å². The van der Waals surface area contributed by atoms with E-state index >= 15 is 0 Å². The van der Waals surface area contributed by atoms with E-state index < -0.39 is 5.97 Å². The Morgan fingerprint density at radius 2 is 1.97 bits per heavy atom. The molecule has 3 aromatic heterocycles. The topological polar surface area (TPSA) is 93.6 Å². The average Bonchev–Trinajstić information content (AvgIpc) is 3.41. The number of hydrogen-bond donors (Lipinski definition) is 1. The molecule has 0 atom stereocenters. The van der Waals surface area contributed by atoms with Crippen LogP contribution in [0.2, 0.25) is 0 Å². The molecule has 0 bridgehead atoms. The van der Waals surface area contributed by atoms with E-state index in [0.29, 0.717) is 43.2 Å². The van der Waals surface area contributed by atoms with Gasteiger partial charge in [0.1, 0.15) is 5.52 Å². The Balaban J connectivity index is 1.61. The fraction of sp³-hybridized carbons (Fsp3) is 0.227. The Labute approximate surface area is 172 Å². The van der Waals surface area contributed by atoms with Gasteiger partial charge in [0.05, 0.1) is 24.6 Å². The van der Waals surface area contributed by atoms with Gasteiger partial charge in [-0.15, -0.1) is 0 Å². The third kappa shape index (κ3) is 3.31. The number of aryl methyl sites for hydroxylation is 1. The van der Waals surface area contributed by atoms with Gasteiger partial charge in [-0.05, 0) is 19.1 Å². The molecule has 1 saturated heterocycles. The van der Waals surface area contributed by atoms with Crippen LogP contribution in [0.25, 0.3) is 28.2 Å². The number of nitrogens with zero attached hydrogens (tertiary/aromatic N) is 4. The molecule has 8 heteroatoms. The first-order valence-electron chi connectivity index (χ1n) is 9.72. The minimum Gasteiger partial charge on any atom is -0.475 e. The number of pyridine rings is 1. The minimum absolute atomic E-state index is 0.134. The number of rotatable bonds is 4. The van der Waals surface area contributed by atoms with E-state index in [1.165, 1.54) is 6.07 Å². The molecule has 152 valence electrons. The summed E-state index contributed by atoms with van der Waals surface area (Å²) in [6, 6.07) is 13.4. The van der Waals surface area contributed by atoms with Gasteiger partial charge in [-0.1, -0.05) is 23.8 Å². The van der Waals surface area contributed by atoms with Crippen molar-refractivity contribution in [3.05, 3.63) is 60.0 Å². The van der Waals surface area contributed by atoms with Crippen molar-refractivity contribution in [3.8, 4) is 17.1 Å². The molecule has 4 aromatic rings. The lowest BCUT2D eigenvalue weighted by Crippen LogP contribution is -2.36. The fourth-order valence-electron chi connectivity index (χ4n) is 3.66. The van der Waals surface area contributed by atoms with Crippen LogP contribution in [0.1, 0.15) is 16.1 Å². The molecule has 1 N–H and O–H groups in total. The summed E-state index contributed by atoms with van der Waals surface area (Å²) in [5.41, 5.74) is 4.77. The molecule has 1 aliphatic heterocycles. The second kappa shape index (κ2) is 7.31. The number of ether oxygens (including phenoxy) is 1. The van der Waals surface area contributed by atoms with E-state index in [1.54, 1.807) is 4.68 Å². The summed E-state index contributed by atoms with van der Waals surface area (Å²) in [7, 11) is 0. The lowest BCUT2D eigenvalue weighted by atomic mass is 10.1. The molecule has 0 saturated carbocycles. The van der Waals surface area contributed by atoms with Gasteiger partial charge < -0.3 is 19.2 Å². The third-order valence-electron chi connectivity index (χ3n) is 5.15. The van der Waals surface area contributed by atoms with Crippen LogP contribution in [-0.2, 0) is 4.74 Å². The molecule has 0 amide bonds. The number of carbonyl (C=O) groups is 1. The van der Waals surface area contributed by atoms with Gasteiger partial charge in [0.15, 0.2) is 11.4 Å². The molecule has 4 heterocycles. The molecule has 0 aliphatic carbocycles. The molecule has 1 aliphatic rings. The van der Waals surface area contributed by atoms with Crippen LogP contribution in [0.4, 0.5) is 5.69 Å². The van der Waals surface area contributed by atoms with Gasteiger partial charge in [0.2, 0.25) is 5.76 Å². The van der Waals surface area contributed by atoms with Crippen molar-refractivity contribution in [2.75, 3.05) is 31.2 Å². The summed E-state index contributed by atoms with van der Waals surface area (Å²) in [6.07, 6.45) is 1.85. The molecule has 0 unspecified atom stereocenters. The van der Waals surface area contributed by atoms with Crippen LogP contribution in [0.5, 0.6) is 0 Å². The third-order valence-corrected chi connectivity index (χ3v) is 5.15. The molecule has 0 spiro atoms. The van der Waals surface area contributed by atoms with Crippen LogP contribution in [0.3, 0.4) is 0 Å². The molecular formula is C22H20N4O4. The van der Waals surface area contributed by atoms with Gasteiger partial charge in [-0.3, -0.25) is 0 Å². The van der Waals surface area contributed by atoms with Gasteiger partial charge in [-0.25, -0.2) is 14.5 Å². The number of furan rings is 1. The number of benzene rings is 1. The lowest BCUT2D eigenvalue weighted by molar-refractivity contribution is 0.0665. The summed E-state index contributed by atoms with van der Waals surface area (Å²) in [5.74, 6) is -0.658. The Bertz CT molecular complexity index is 1240. The second-order valence-corrected chi connectivity index (χ2v) is 7.24. The maximum absolute atomic E-state index is 11.4. The molecule has 0 radical (unpaired) electrons. The van der Waals surface area contributed by atoms with Gasteiger partial charge in [0.25, 0.3) is 0 Å². The Morgan fingerprint density at radius 3 is 2.73 bits per heavy atom. The number of aromatic nitrogens is 3. The maximum atomic E-state index is 11.4. The normalized spacial score (nSPS) is 14.4. The number of fused-ring (bicyclic) bond motifs is 1. The minimum atomic E-state index is -1.12. The summed E-state index contributed by atoms with van der Waals surface area (Å²) in [4.78, 5) is 18.2. The second-order valence-electron chi connectivity index (χ2n) is 7.24. The summed E-state index contributed by atoms with van der Waals surface area (Å²) in [6.45, 7) is 4.63. The van der Waals surface area contributed by atoms with E-state index in [4.69, 9.17) is 14.3 Å². The van der Waals surface area contributed by atoms with Crippen molar-refractivity contribution in [1.29, 1.82) is 0 Å². The smallest absolute Gasteiger partial charge is 0.371 e. The fourth-order valence-corrected chi connectivity index (χ4v) is 3.66. The molecule has 5 rings (SSSR count). The SMILES string of the molecule is Cc1cccc(-c2ccn(-c3cc(N4CCOCC4)c4oc(C(=O)O)cc4n3)n2)c1. The molecule has 30 heavy (non-hydrogen) atoms. The zero-order valence-electron chi connectivity index (χ0n) is 16.4. The molecule has 8 nitrogen and oxygen atoms in total. The van der Waals surface area contributed by atoms with E-state index in [1.807, 2.05) is 43.5 Å². The predicted molar refractivity (Wildman–Crippen MR) is 111 cm³/mol. The molecule has 1 fully saturated rings. The van der Waals surface area contributed by atoms with Gasteiger partial charge >= 0.3 is 5.97 Å². The first-order valence-corrected chi connectivity index (χ1v) is 9.72. The van der Waals surface area contributed by atoms with Crippen molar-refractivity contribution >= 4 is 22.8 Å². The van der Waals surface area contributed by atoms with Gasteiger partial charge in [-0.2, -0.15) is 5.10 Å². The number of carboxylic acids is 1. The van der Waals surface area contributed by atoms with Crippen molar-refractivity contribution in [1.82, 2.24) is 14.8 Å². The Morgan fingerprint density at radius 1 is 1.13 bits per heavy atom. The first kappa shape index (κ1) is 18.4. The quantitative estimate of drug-likeness (QED) is 0.556. The zero-order chi connectivity index (χ0) is 20.7. The number of hydrogen-bond acceptors (Lipinski definition) is 6. The number of anilines is 1. The highest BCUT2D eigenvalue weighted by atomic mass is 16.5. The average molecular weight is 404 g/mol. The highest BCUT2D eigenvalue weighted by Crippen LogP contribution is 2.31. The van der Waals surface area contributed by atoms with E-state index in [0.717, 1.165) is 22.5 Å². The van der Waals surface area contributed by atoms with Crippen LogP contribution in [0.15, 0.2) is 53.1 Å². The van der Waals surface area contributed by atoms with Crippen molar-refractivity contribution < 1.29 is 19.1 Å². The number of morpholine rings is 1. The number of aromatic carboxylic acids is 1. The van der Waals surface area contributed by atoms with Crippen LogP contribution in [0, 0.1) is 6.92 Å². The largest absolute Gasteiger partial charge is 0.475 e. The molecule has 1 aromatic carbocycles. The van der Waals surface area contributed by atoms with Crippen molar-refractivity contribution in [2.45, 2.75) is 6.92 Å². The van der Waals surface area contributed by atoms with E-state index in [2.05, 4.69) is 16.0 Å². The molecular weight excluding hydrogens is 384 g/mol.